The van der Waals surface area contributed by atoms with E-state index in [1.54, 1.807) is 0 Å². The average molecular weight is 250 g/mol. The summed E-state index contributed by atoms with van der Waals surface area (Å²) in [7, 11) is 0. The summed E-state index contributed by atoms with van der Waals surface area (Å²) in [4.78, 5) is 13.8. The lowest BCUT2D eigenvalue weighted by atomic mass is 10.1. The lowest BCUT2D eigenvalue weighted by Gasteiger charge is -2.17. The summed E-state index contributed by atoms with van der Waals surface area (Å²) in [6, 6.07) is 6.22. The third kappa shape index (κ3) is 2.64. The van der Waals surface area contributed by atoms with E-state index in [0.29, 0.717) is 13.0 Å². The molecule has 1 aliphatic rings. The smallest absolute Gasteiger partial charge is 0.231 e. The first-order chi connectivity index (χ1) is 8.26. The molecule has 0 saturated carbocycles. The number of benzene rings is 1. The van der Waals surface area contributed by atoms with Gasteiger partial charge < -0.3 is 10.6 Å². The predicted octanol–water partition coefficient (Wildman–Crippen LogP) is 1.40. The van der Waals surface area contributed by atoms with Gasteiger partial charge in [0.2, 0.25) is 5.91 Å². The number of hydrogen-bond donors (Lipinski definition) is 2. The van der Waals surface area contributed by atoms with E-state index in [1.165, 1.54) is 5.56 Å². The Morgan fingerprint density at radius 3 is 2.94 bits per heavy atom. The van der Waals surface area contributed by atoms with Crippen LogP contribution in [-0.2, 0) is 17.6 Å². The molecule has 0 saturated heterocycles. The van der Waals surface area contributed by atoms with E-state index in [2.05, 4.69) is 24.8 Å². The van der Waals surface area contributed by atoms with Gasteiger partial charge in [0.25, 0.3) is 0 Å². The standard InChI is InChI=1S/C13H18N2OS/c14-5-4-10-2-3-12-11(8-10)9-13(16)15(12)6-1-7-17/h2-3,8,17H,1,4-7,9,14H2. The van der Waals surface area contributed by atoms with Crippen LogP contribution in [0, 0.1) is 0 Å². The minimum absolute atomic E-state index is 0.201. The predicted molar refractivity (Wildman–Crippen MR) is 73.7 cm³/mol. The van der Waals surface area contributed by atoms with Crippen molar-refractivity contribution in [2.75, 3.05) is 23.7 Å². The highest BCUT2D eigenvalue weighted by Gasteiger charge is 2.26. The SMILES string of the molecule is NCCc1ccc2c(c1)CC(=O)N2CCCS. The number of carbonyl (C=O) groups is 1. The van der Waals surface area contributed by atoms with E-state index < -0.39 is 0 Å². The second kappa shape index (κ2) is 5.56. The molecule has 1 aromatic rings. The van der Waals surface area contributed by atoms with Crippen molar-refractivity contribution in [3.8, 4) is 0 Å². The van der Waals surface area contributed by atoms with Crippen LogP contribution in [0.4, 0.5) is 5.69 Å². The molecule has 2 N–H and O–H groups in total. The minimum atomic E-state index is 0.201. The second-order valence-corrected chi connectivity index (χ2v) is 4.75. The normalized spacial score (nSPS) is 14.2. The van der Waals surface area contributed by atoms with Gasteiger partial charge in [-0.3, -0.25) is 4.79 Å². The van der Waals surface area contributed by atoms with Crippen LogP contribution in [0.1, 0.15) is 17.5 Å². The van der Waals surface area contributed by atoms with E-state index in [-0.39, 0.29) is 5.91 Å². The van der Waals surface area contributed by atoms with Gasteiger partial charge in [-0.05, 0) is 42.3 Å². The van der Waals surface area contributed by atoms with Crippen LogP contribution < -0.4 is 10.6 Å². The summed E-state index contributed by atoms with van der Waals surface area (Å²) in [5.41, 5.74) is 8.96. The van der Waals surface area contributed by atoms with Gasteiger partial charge in [0.15, 0.2) is 0 Å². The zero-order valence-electron chi connectivity index (χ0n) is 9.85. The average Bonchev–Trinajstić information content (AvgIpc) is 2.62. The molecule has 1 aliphatic heterocycles. The molecule has 0 spiro atoms. The van der Waals surface area contributed by atoms with Gasteiger partial charge in [-0.15, -0.1) is 0 Å². The third-order valence-corrected chi connectivity index (χ3v) is 3.37. The molecule has 0 aliphatic carbocycles. The molecule has 3 nitrogen and oxygen atoms in total. The Morgan fingerprint density at radius 1 is 1.41 bits per heavy atom. The zero-order chi connectivity index (χ0) is 12.3. The molecule has 4 heteroatoms. The van der Waals surface area contributed by atoms with Crippen molar-refractivity contribution in [2.24, 2.45) is 5.73 Å². The summed E-state index contributed by atoms with van der Waals surface area (Å²) in [6.07, 6.45) is 2.33. The maximum atomic E-state index is 11.9. The zero-order valence-corrected chi connectivity index (χ0v) is 10.7. The number of fused-ring (bicyclic) bond motifs is 1. The van der Waals surface area contributed by atoms with Crippen molar-refractivity contribution in [1.82, 2.24) is 0 Å². The fourth-order valence-electron chi connectivity index (χ4n) is 2.23. The molecule has 0 fully saturated rings. The van der Waals surface area contributed by atoms with Gasteiger partial charge in [0.05, 0.1) is 6.42 Å². The van der Waals surface area contributed by atoms with Crippen LogP contribution in [0.5, 0.6) is 0 Å². The van der Waals surface area contributed by atoms with Crippen LogP contribution >= 0.6 is 12.6 Å². The maximum absolute atomic E-state index is 11.9. The van der Waals surface area contributed by atoms with Crippen LogP contribution in [0.25, 0.3) is 0 Å². The minimum Gasteiger partial charge on any atom is -0.330 e. The molecule has 0 aromatic heterocycles. The highest BCUT2D eigenvalue weighted by atomic mass is 32.1. The van der Waals surface area contributed by atoms with Crippen molar-refractivity contribution < 1.29 is 4.79 Å². The first kappa shape index (κ1) is 12.5. The Hall–Kier alpha value is -1.00. The van der Waals surface area contributed by atoms with Gasteiger partial charge in [0.1, 0.15) is 0 Å². The van der Waals surface area contributed by atoms with Gasteiger partial charge in [-0.25, -0.2) is 0 Å². The Balaban J connectivity index is 2.19. The van der Waals surface area contributed by atoms with Crippen LogP contribution in [0.3, 0.4) is 0 Å². The van der Waals surface area contributed by atoms with Crippen molar-refractivity contribution >= 4 is 24.2 Å². The summed E-state index contributed by atoms with van der Waals surface area (Å²) in [5.74, 6) is 1.01. The number of nitrogens with zero attached hydrogens (tertiary/aromatic N) is 1. The summed E-state index contributed by atoms with van der Waals surface area (Å²) in [6.45, 7) is 1.42. The number of amides is 1. The van der Waals surface area contributed by atoms with E-state index in [1.807, 2.05) is 11.0 Å². The second-order valence-electron chi connectivity index (χ2n) is 4.30. The summed E-state index contributed by atoms with van der Waals surface area (Å²) < 4.78 is 0. The first-order valence-electron chi connectivity index (χ1n) is 5.99. The summed E-state index contributed by atoms with van der Waals surface area (Å²) >= 11 is 4.19. The largest absolute Gasteiger partial charge is 0.330 e. The fraction of sp³-hybridized carbons (Fsp3) is 0.462. The molecular formula is C13H18N2OS. The lowest BCUT2D eigenvalue weighted by Crippen LogP contribution is -2.27. The third-order valence-electron chi connectivity index (χ3n) is 3.05. The molecule has 0 atom stereocenters. The molecule has 1 amide bonds. The Labute approximate surface area is 107 Å². The molecule has 0 bridgehead atoms. The molecule has 1 heterocycles. The van der Waals surface area contributed by atoms with Crippen LogP contribution in [0.2, 0.25) is 0 Å². The number of carbonyl (C=O) groups excluding carboxylic acids is 1. The Morgan fingerprint density at radius 2 is 2.24 bits per heavy atom. The van der Waals surface area contributed by atoms with Crippen molar-refractivity contribution in [3.05, 3.63) is 29.3 Å². The Bertz CT molecular complexity index is 420. The maximum Gasteiger partial charge on any atom is 0.231 e. The van der Waals surface area contributed by atoms with E-state index in [0.717, 1.165) is 36.4 Å². The monoisotopic (exact) mass is 250 g/mol. The molecule has 92 valence electrons. The number of rotatable bonds is 5. The van der Waals surface area contributed by atoms with Gasteiger partial charge in [-0.1, -0.05) is 12.1 Å². The number of nitrogens with two attached hydrogens (primary N) is 1. The van der Waals surface area contributed by atoms with Gasteiger partial charge in [0, 0.05) is 12.2 Å². The molecule has 2 rings (SSSR count). The van der Waals surface area contributed by atoms with E-state index >= 15 is 0 Å². The number of thiol groups is 1. The van der Waals surface area contributed by atoms with Gasteiger partial charge >= 0.3 is 0 Å². The first-order valence-corrected chi connectivity index (χ1v) is 6.62. The quantitative estimate of drug-likeness (QED) is 0.776. The van der Waals surface area contributed by atoms with E-state index in [4.69, 9.17) is 5.73 Å². The molecule has 0 unspecified atom stereocenters. The highest BCUT2D eigenvalue weighted by Crippen LogP contribution is 2.29. The number of hydrogen-bond acceptors (Lipinski definition) is 3. The lowest BCUT2D eigenvalue weighted by molar-refractivity contribution is -0.117. The number of anilines is 1. The topological polar surface area (TPSA) is 46.3 Å². The molecule has 17 heavy (non-hydrogen) atoms. The van der Waals surface area contributed by atoms with Crippen LogP contribution in [0.15, 0.2) is 18.2 Å². The van der Waals surface area contributed by atoms with E-state index in [9.17, 15) is 4.79 Å². The molecule has 1 aromatic carbocycles. The van der Waals surface area contributed by atoms with Gasteiger partial charge in [-0.2, -0.15) is 12.6 Å². The molecular weight excluding hydrogens is 232 g/mol. The Kier molecular flexibility index (Phi) is 4.07. The molecule has 0 radical (unpaired) electrons. The van der Waals surface area contributed by atoms with Crippen molar-refractivity contribution in [2.45, 2.75) is 19.3 Å². The summed E-state index contributed by atoms with van der Waals surface area (Å²) in [5, 5.41) is 0. The highest BCUT2D eigenvalue weighted by molar-refractivity contribution is 7.80. The van der Waals surface area contributed by atoms with Crippen molar-refractivity contribution in [3.63, 3.8) is 0 Å². The fourth-order valence-corrected chi connectivity index (χ4v) is 2.37. The van der Waals surface area contributed by atoms with Crippen molar-refractivity contribution in [1.29, 1.82) is 0 Å². The van der Waals surface area contributed by atoms with Crippen LogP contribution in [-0.4, -0.2) is 24.7 Å².